The summed E-state index contributed by atoms with van der Waals surface area (Å²) in [5, 5.41) is 5.85. The summed E-state index contributed by atoms with van der Waals surface area (Å²) in [4.78, 5) is 25.5. The number of para-hydroxylation sites is 1. The van der Waals surface area contributed by atoms with Crippen LogP contribution in [0.4, 0.5) is 11.4 Å². The Morgan fingerprint density at radius 2 is 1.94 bits per heavy atom. The number of nitrogens with one attached hydrogen (secondary N) is 2. The Morgan fingerprint density at radius 3 is 2.61 bits per heavy atom. The van der Waals surface area contributed by atoms with Gasteiger partial charge >= 0.3 is 0 Å². The van der Waals surface area contributed by atoms with Crippen LogP contribution in [0.3, 0.4) is 0 Å². The molecule has 3 rings (SSSR count). The minimum absolute atomic E-state index is 0.222. The number of amides is 2. The minimum atomic E-state index is -3.68. The van der Waals surface area contributed by atoms with Gasteiger partial charge in [0, 0.05) is 11.6 Å². The quantitative estimate of drug-likeness (QED) is 0.682. The van der Waals surface area contributed by atoms with Crippen LogP contribution < -0.4 is 19.7 Å². The van der Waals surface area contributed by atoms with Crippen molar-refractivity contribution in [3.63, 3.8) is 0 Å². The fraction of sp³-hybridized carbons (Fsp3) is 0.333. The van der Waals surface area contributed by atoms with Crippen molar-refractivity contribution in [2.24, 2.45) is 5.92 Å². The number of halogens is 1. The SMILES string of the molecule is CC(C)CNC(=O)c1ccccc1NC(=O)[C@@H]1CN(S(C)(=O)=O)c2cc(Cl)ccc2O1. The molecule has 0 radical (unpaired) electrons. The third-order valence-electron chi connectivity index (χ3n) is 4.58. The highest BCUT2D eigenvalue weighted by Crippen LogP contribution is 2.37. The van der Waals surface area contributed by atoms with Crippen molar-refractivity contribution in [2.45, 2.75) is 20.0 Å². The lowest BCUT2D eigenvalue weighted by Crippen LogP contribution is -2.48. The number of nitrogens with zero attached hydrogens (tertiary/aromatic N) is 1. The molecule has 10 heteroatoms. The number of ether oxygens (including phenoxy) is 1. The molecule has 1 aliphatic heterocycles. The number of fused-ring (bicyclic) bond motifs is 1. The second-order valence-electron chi connectivity index (χ2n) is 7.65. The second-order valence-corrected chi connectivity index (χ2v) is 9.99. The predicted molar refractivity (Wildman–Crippen MR) is 120 cm³/mol. The van der Waals surface area contributed by atoms with Crippen LogP contribution in [0.15, 0.2) is 42.5 Å². The smallest absolute Gasteiger partial charge is 0.267 e. The van der Waals surface area contributed by atoms with E-state index in [2.05, 4.69) is 10.6 Å². The molecule has 0 saturated heterocycles. The Balaban J connectivity index is 1.83. The van der Waals surface area contributed by atoms with Crippen LogP contribution in [0, 0.1) is 5.92 Å². The zero-order chi connectivity index (χ0) is 22.8. The number of anilines is 2. The lowest BCUT2D eigenvalue weighted by atomic mass is 10.1. The lowest BCUT2D eigenvalue weighted by molar-refractivity contribution is -0.122. The number of hydrogen-bond donors (Lipinski definition) is 2. The Kier molecular flexibility index (Phi) is 6.76. The average molecular weight is 466 g/mol. The molecule has 1 aliphatic rings. The van der Waals surface area contributed by atoms with Gasteiger partial charge in [0.15, 0.2) is 6.10 Å². The van der Waals surface area contributed by atoms with Gasteiger partial charge in [0.2, 0.25) is 10.0 Å². The van der Waals surface area contributed by atoms with E-state index in [1.54, 1.807) is 30.3 Å². The van der Waals surface area contributed by atoms with Gasteiger partial charge in [-0.25, -0.2) is 8.42 Å². The second kappa shape index (κ2) is 9.15. The van der Waals surface area contributed by atoms with Gasteiger partial charge in [0.1, 0.15) is 5.75 Å². The average Bonchev–Trinajstić information content (AvgIpc) is 2.70. The zero-order valence-electron chi connectivity index (χ0n) is 17.4. The van der Waals surface area contributed by atoms with Crippen LogP contribution in [-0.4, -0.2) is 45.7 Å². The van der Waals surface area contributed by atoms with Gasteiger partial charge in [-0.05, 0) is 36.2 Å². The zero-order valence-corrected chi connectivity index (χ0v) is 19.0. The molecular formula is C21H24ClN3O5S. The lowest BCUT2D eigenvalue weighted by Gasteiger charge is -2.34. The van der Waals surface area contributed by atoms with E-state index in [4.69, 9.17) is 16.3 Å². The Hall–Kier alpha value is -2.78. The van der Waals surface area contributed by atoms with Crippen LogP contribution >= 0.6 is 11.6 Å². The third kappa shape index (κ3) is 5.48. The standard InChI is InChI=1S/C21H24ClN3O5S/c1-13(2)11-23-20(26)15-6-4-5-7-16(15)24-21(27)19-12-25(31(3,28)29)17-10-14(22)8-9-18(17)30-19/h4-10,13,19H,11-12H2,1-3H3,(H,23,26)(H,24,27)/t19-/m0/s1. The highest BCUT2D eigenvalue weighted by atomic mass is 35.5. The Labute approximate surface area is 186 Å². The first-order valence-corrected chi connectivity index (χ1v) is 11.9. The molecule has 8 nitrogen and oxygen atoms in total. The molecule has 1 heterocycles. The van der Waals surface area contributed by atoms with Crippen LogP contribution in [0.2, 0.25) is 5.02 Å². The molecule has 0 bridgehead atoms. The number of benzene rings is 2. The molecule has 0 saturated carbocycles. The summed E-state index contributed by atoms with van der Waals surface area (Å²) in [6.07, 6.45) is -0.0676. The van der Waals surface area contributed by atoms with Gasteiger partial charge in [0.25, 0.3) is 11.8 Å². The van der Waals surface area contributed by atoms with Crippen molar-refractivity contribution in [2.75, 3.05) is 29.0 Å². The molecule has 2 amide bonds. The van der Waals surface area contributed by atoms with Crippen LogP contribution in [0.1, 0.15) is 24.2 Å². The number of hydrogen-bond acceptors (Lipinski definition) is 5. The molecule has 0 aliphatic carbocycles. The number of carbonyl (C=O) groups excluding carboxylic acids is 2. The molecule has 166 valence electrons. The van der Waals surface area contributed by atoms with Gasteiger partial charge in [-0.1, -0.05) is 37.6 Å². The molecule has 0 aromatic heterocycles. The molecule has 0 fully saturated rings. The van der Waals surface area contributed by atoms with Gasteiger partial charge in [-0.2, -0.15) is 0 Å². The maximum atomic E-state index is 12.9. The highest BCUT2D eigenvalue weighted by molar-refractivity contribution is 7.92. The third-order valence-corrected chi connectivity index (χ3v) is 5.97. The summed E-state index contributed by atoms with van der Waals surface area (Å²) >= 11 is 6.00. The first-order chi connectivity index (χ1) is 14.6. The maximum Gasteiger partial charge on any atom is 0.267 e. The van der Waals surface area contributed by atoms with Gasteiger partial charge in [0.05, 0.1) is 29.7 Å². The highest BCUT2D eigenvalue weighted by Gasteiger charge is 2.35. The molecular weight excluding hydrogens is 442 g/mol. The summed E-state index contributed by atoms with van der Waals surface area (Å²) in [6, 6.07) is 11.1. The van der Waals surface area contributed by atoms with E-state index < -0.39 is 22.0 Å². The van der Waals surface area contributed by atoms with E-state index in [1.807, 2.05) is 13.8 Å². The monoisotopic (exact) mass is 465 g/mol. The summed E-state index contributed by atoms with van der Waals surface area (Å²) in [5.41, 5.74) is 0.886. The fourth-order valence-electron chi connectivity index (χ4n) is 3.07. The van der Waals surface area contributed by atoms with E-state index in [-0.39, 0.29) is 29.8 Å². The molecule has 31 heavy (non-hydrogen) atoms. The van der Waals surface area contributed by atoms with Crippen molar-refractivity contribution in [3.8, 4) is 5.75 Å². The summed E-state index contributed by atoms with van der Waals surface area (Å²) < 4.78 is 31.4. The summed E-state index contributed by atoms with van der Waals surface area (Å²) in [6.45, 7) is 4.23. The molecule has 2 N–H and O–H groups in total. The number of carbonyl (C=O) groups is 2. The number of rotatable bonds is 6. The fourth-order valence-corrected chi connectivity index (χ4v) is 4.14. The van der Waals surface area contributed by atoms with Crippen molar-refractivity contribution < 1.29 is 22.7 Å². The van der Waals surface area contributed by atoms with Crippen molar-refractivity contribution in [3.05, 3.63) is 53.1 Å². The minimum Gasteiger partial charge on any atom is -0.476 e. The molecule has 2 aromatic rings. The van der Waals surface area contributed by atoms with Crippen LogP contribution in [-0.2, 0) is 14.8 Å². The van der Waals surface area contributed by atoms with Crippen molar-refractivity contribution >= 4 is 44.8 Å². The van der Waals surface area contributed by atoms with Crippen LogP contribution in [0.25, 0.3) is 0 Å². The van der Waals surface area contributed by atoms with E-state index in [9.17, 15) is 18.0 Å². The van der Waals surface area contributed by atoms with Crippen LogP contribution in [0.5, 0.6) is 5.75 Å². The molecule has 1 atom stereocenters. The molecule has 2 aromatic carbocycles. The first-order valence-electron chi connectivity index (χ1n) is 9.68. The van der Waals surface area contributed by atoms with Crippen molar-refractivity contribution in [1.29, 1.82) is 0 Å². The normalized spacial score (nSPS) is 15.8. The molecule has 0 spiro atoms. The summed E-state index contributed by atoms with van der Waals surface area (Å²) in [5.74, 6) is -0.383. The Morgan fingerprint density at radius 1 is 1.23 bits per heavy atom. The van der Waals surface area contributed by atoms with Gasteiger partial charge in [-0.3, -0.25) is 13.9 Å². The summed E-state index contributed by atoms with van der Waals surface area (Å²) in [7, 11) is -3.68. The van der Waals surface area contributed by atoms with E-state index in [0.717, 1.165) is 10.6 Å². The maximum absolute atomic E-state index is 12.9. The van der Waals surface area contributed by atoms with Crippen molar-refractivity contribution in [1.82, 2.24) is 5.32 Å². The van der Waals surface area contributed by atoms with E-state index in [0.29, 0.717) is 22.8 Å². The van der Waals surface area contributed by atoms with Gasteiger partial charge < -0.3 is 15.4 Å². The van der Waals surface area contributed by atoms with E-state index in [1.165, 1.54) is 12.1 Å². The van der Waals surface area contributed by atoms with E-state index >= 15 is 0 Å². The predicted octanol–water partition coefficient (Wildman–Crippen LogP) is 2.89. The molecule has 0 unspecified atom stereocenters. The number of sulfonamides is 1. The van der Waals surface area contributed by atoms with Gasteiger partial charge in [-0.15, -0.1) is 0 Å². The largest absolute Gasteiger partial charge is 0.476 e. The first kappa shape index (κ1) is 22.9. The topological polar surface area (TPSA) is 105 Å². The Bertz CT molecular complexity index is 1100.